The Morgan fingerprint density at radius 1 is 1.32 bits per heavy atom. The van der Waals surface area contributed by atoms with Crippen LogP contribution in [0.25, 0.3) is 0 Å². The summed E-state index contributed by atoms with van der Waals surface area (Å²) in [6, 6.07) is 8.56. The van der Waals surface area contributed by atoms with Gasteiger partial charge in [0.2, 0.25) is 0 Å². The lowest BCUT2D eigenvalue weighted by molar-refractivity contribution is 0.0295. The molecule has 0 amide bonds. The van der Waals surface area contributed by atoms with Gasteiger partial charge >= 0.3 is 0 Å². The molecule has 1 heterocycles. The van der Waals surface area contributed by atoms with Gasteiger partial charge in [-0.3, -0.25) is 0 Å². The summed E-state index contributed by atoms with van der Waals surface area (Å²) in [5, 5.41) is 14.4. The third kappa shape index (κ3) is 4.22. The van der Waals surface area contributed by atoms with Crippen LogP contribution in [0, 0.1) is 0 Å². The van der Waals surface area contributed by atoms with Gasteiger partial charge in [0.05, 0.1) is 0 Å². The molecule has 0 spiro atoms. The Labute approximate surface area is 128 Å². The third-order valence-corrected chi connectivity index (χ3v) is 5.45. The van der Waals surface area contributed by atoms with Gasteiger partial charge in [-0.25, -0.2) is 0 Å². The average molecular weight is 344 g/mol. The van der Waals surface area contributed by atoms with Gasteiger partial charge in [0.1, 0.15) is 5.60 Å². The highest BCUT2D eigenvalue weighted by molar-refractivity contribution is 9.10. The largest absolute Gasteiger partial charge is 0.384 e. The molecule has 1 aliphatic heterocycles. The van der Waals surface area contributed by atoms with E-state index in [4.69, 9.17) is 0 Å². The van der Waals surface area contributed by atoms with E-state index in [0.717, 1.165) is 16.5 Å². The maximum absolute atomic E-state index is 10.8. The molecular formula is C15H22BrNOS. The van der Waals surface area contributed by atoms with Crippen LogP contribution in [0.15, 0.2) is 28.7 Å². The van der Waals surface area contributed by atoms with Crippen molar-refractivity contribution in [1.29, 1.82) is 0 Å². The Morgan fingerprint density at radius 2 is 1.95 bits per heavy atom. The Balaban J connectivity index is 1.98. The molecule has 1 fully saturated rings. The summed E-state index contributed by atoms with van der Waals surface area (Å²) < 4.78 is 1.05. The second-order valence-electron chi connectivity index (χ2n) is 5.16. The van der Waals surface area contributed by atoms with E-state index in [-0.39, 0.29) is 0 Å². The highest BCUT2D eigenvalue weighted by atomic mass is 79.9. The Hall–Kier alpha value is -0.0300. The summed E-state index contributed by atoms with van der Waals surface area (Å²) in [6.07, 6.45) is 3.15. The lowest BCUT2D eigenvalue weighted by Crippen LogP contribution is -2.43. The van der Waals surface area contributed by atoms with Crippen molar-refractivity contribution in [3.63, 3.8) is 0 Å². The fourth-order valence-electron chi connectivity index (χ4n) is 2.41. The predicted molar refractivity (Wildman–Crippen MR) is 86.7 cm³/mol. The van der Waals surface area contributed by atoms with E-state index >= 15 is 0 Å². The van der Waals surface area contributed by atoms with Gasteiger partial charge in [0.15, 0.2) is 0 Å². The molecule has 0 radical (unpaired) electrons. The molecule has 19 heavy (non-hydrogen) atoms. The summed E-state index contributed by atoms with van der Waals surface area (Å²) in [5.74, 6) is 2.47. The molecule has 1 aliphatic rings. The van der Waals surface area contributed by atoms with E-state index in [1.54, 1.807) is 0 Å². The predicted octanol–water partition coefficient (Wildman–Crippen LogP) is 3.53. The number of halogens is 1. The highest BCUT2D eigenvalue weighted by Crippen LogP contribution is 2.26. The molecule has 2 nitrogen and oxygen atoms in total. The lowest BCUT2D eigenvalue weighted by Gasteiger charge is -2.31. The van der Waals surface area contributed by atoms with Gasteiger partial charge in [-0.2, -0.15) is 11.8 Å². The minimum Gasteiger partial charge on any atom is -0.384 e. The van der Waals surface area contributed by atoms with E-state index in [0.29, 0.717) is 12.6 Å². The van der Waals surface area contributed by atoms with Crippen molar-refractivity contribution in [2.24, 2.45) is 0 Å². The molecule has 2 rings (SSSR count). The number of thioether (sulfide) groups is 1. The minimum absolute atomic E-state index is 0.565. The first-order chi connectivity index (χ1) is 9.14. The van der Waals surface area contributed by atoms with Crippen molar-refractivity contribution in [3.8, 4) is 0 Å². The van der Waals surface area contributed by atoms with Crippen molar-refractivity contribution >= 4 is 27.7 Å². The van der Waals surface area contributed by atoms with Crippen molar-refractivity contribution in [3.05, 3.63) is 34.3 Å². The molecule has 1 aromatic carbocycles. The lowest BCUT2D eigenvalue weighted by atomic mass is 9.90. The molecule has 1 saturated heterocycles. The minimum atomic E-state index is -0.759. The molecule has 2 N–H and O–H groups in total. The number of hydrogen-bond donors (Lipinski definition) is 2. The van der Waals surface area contributed by atoms with E-state index in [2.05, 4.69) is 21.2 Å². The zero-order valence-electron chi connectivity index (χ0n) is 11.4. The number of nitrogens with one attached hydrogen (secondary N) is 1. The molecule has 4 heteroatoms. The topological polar surface area (TPSA) is 32.3 Å². The first kappa shape index (κ1) is 15.4. The Bertz CT molecular complexity index is 392. The molecule has 0 unspecified atom stereocenters. The monoisotopic (exact) mass is 343 g/mol. The molecule has 0 saturated carbocycles. The zero-order valence-corrected chi connectivity index (χ0v) is 13.8. The van der Waals surface area contributed by atoms with Crippen molar-refractivity contribution in [2.45, 2.75) is 37.8 Å². The maximum atomic E-state index is 10.8. The molecule has 1 atom stereocenters. The standard InChI is InChI=1S/C15H22BrNOS/c1-2-15(18,12-3-5-13(16)6-4-12)11-17-14-7-9-19-10-8-14/h3-6,14,17-18H,2,7-11H2,1H3/t15-/m1/s1. The normalized spacial score (nSPS) is 20.2. The van der Waals surface area contributed by atoms with Crippen LogP contribution in [0.4, 0.5) is 0 Å². The molecule has 0 bridgehead atoms. The first-order valence-electron chi connectivity index (χ1n) is 6.93. The molecule has 106 valence electrons. The van der Waals surface area contributed by atoms with E-state index < -0.39 is 5.60 Å². The fourth-order valence-corrected chi connectivity index (χ4v) is 3.78. The number of aliphatic hydroxyl groups is 1. The molecule has 0 aliphatic carbocycles. The smallest absolute Gasteiger partial charge is 0.102 e. The zero-order chi connectivity index (χ0) is 13.7. The molecule has 0 aromatic heterocycles. The van der Waals surface area contributed by atoms with Crippen molar-refractivity contribution in [1.82, 2.24) is 5.32 Å². The summed E-state index contributed by atoms with van der Waals surface area (Å²) in [4.78, 5) is 0. The summed E-state index contributed by atoms with van der Waals surface area (Å²) in [6.45, 7) is 2.68. The van der Waals surface area contributed by atoms with E-state index in [1.165, 1.54) is 24.3 Å². The SMILES string of the molecule is CC[C@@](O)(CNC1CCSCC1)c1ccc(Br)cc1. The molecular weight excluding hydrogens is 322 g/mol. The van der Waals surface area contributed by atoms with Crippen LogP contribution in [0.1, 0.15) is 31.7 Å². The van der Waals surface area contributed by atoms with Gasteiger partial charge in [0.25, 0.3) is 0 Å². The van der Waals surface area contributed by atoms with E-state index in [9.17, 15) is 5.11 Å². The van der Waals surface area contributed by atoms with Gasteiger partial charge in [-0.1, -0.05) is 35.0 Å². The van der Waals surface area contributed by atoms with Crippen LogP contribution in [-0.4, -0.2) is 29.2 Å². The highest BCUT2D eigenvalue weighted by Gasteiger charge is 2.28. The second kappa shape index (κ2) is 7.11. The maximum Gasteiger partial charge on any atom is 0.102 e. The van der Waals surface area contributed by atoms with E-state index in [1.807, 2.05) is 43.0 Å². The van der Waals surface area contributed by atoms with Crippen LogP contribution >= 0.6 is 27.7 Å². The van der Waals surface area contributed by atoms with Crippen molar-refractivity contribution in [2.75, 3.05) is 18.1 Å². The first-order valence-corrected chi connectivity index (χ1v) is 8.88. The van der Waals surface area contributed by atoms with Crippen LogP contribution < -0.4 is 5.32 Å². The average Bonchev–Trinajstić information content (AvgIpc) is 2.46. The van der Waals surface area contributed by atoms with Gasteiger partial charge < -0.3 is 10.4 Å². The summed E-state index contributed by atoms with van der Waals surface area (Å²) in [7, 11) is 0. The Morgan fingerprint density at radius 3 is 2.53 bits per heavy atom. The molecule has 1 aromatic rings. The van der Waals surface area contributed by atoms with Gasteiger partial charge in [-0.05, 0) is 48.5 Å². The van der Waals surface area contributed by atoms with Crippen LogP contribution in [-0.2, 0) is 5.60 Å². The number of hydrogen-bond acceptors (Lipinski definition) is 3. The number of rotatable bonds is 5. The number of benzene rings is 1. The van der Waals surface area contributed by atoms with Gasteiger partial charge in [-0.15, -0.1) is 0 Å². The van der Waals surface area contributed by atoms with Crippen molar-refractivity contribution < 1.29 is 5.11 Å². The van der Waals surface area contributed by atoms with Gasteiger partial charge in [0, 0.05) is 17.1 Å². The van der Waals surface area contributed by atoms with Crippen LogP contribution in [0.3, 0.4) is 0 Å². The van der Waals surface area contributed by atoms with Crippen LogP contribution in [0.5, 0.6) is 0 Å². The quantitative estimate of drug-likeness (QED) is 0.857. The summed E-state index contributed by atoms with van der Waals surface area (Å²) >= 11 is 5.46. The summed E-state index contributed by atoms with van der Waals surface area (Å²) in [5.41, 5.74) is 0.238. The third-order valence-electron chi connectivity index (χ3n) is 3.87. The Kier molecular flexibility index (Phi) is 5.75. The fraction of sp³-hybridized carbons (Fsp3) is 0.600. The second-order valence-corrected chi connectivity index (χ2v) is 7.30. The van der Waals surface area contributed by atoms with Crippen LogP contribution in [0.2, 0.25) is 0 Å².